The lowest BCUT2D eigenvalue weighted by Crippen LogP contribution is -2.36. The number of hydrogen-bond donors (Lipinski definition) is 3. The molecule has 9 nitrogen and oxygen atoms in total. The molecule has 12 heteroatoms. The summed E-state index contributed by atoms with van der Waals surface area (Å²) in [6.07, 6.45) is 5.20. The summed E-state index contributed by atoms with van der Waals surface area (Å²) in [6.45, 7) is -2.23. The van der Waals surface area contributed by atoms with E-state index < -0.39 is 40.4 Å². The van der Waals surface area contributed by atoms with Gasteiger partial charge < -0.3 is 15.3 Å². The zero-order valence-corrected chi connectivity index (χ0v) is 19.2. The van der Waals surface area contributed by atoms with E-state index in [9.17, 15) is 26.8 Å². The van der Waals surface area contributed by atoms with Crippen molar-refractivity contribution in [1.82, 2.24) is 4.57 Å². The number of carbonyl (C=O) groups excluding carboxylic acids is 1. The average Bonchev–Trinajstić information content (AvgIpc) is 3.53. The van der Waals surface area contributed by atoms with Crippen LogP contribution in [-0.2, 0) is 10.0 Å². The Labute approximate surface area is 195 Å². The normalized spacial score (nSPS) is 17.1. The lowest BCUT2D eigenvalue weighted by atomic mass is 9.93. The second-order valence-electron chi connectivity index (χ2n) is 8.73. The van der Waals surface area contributed by atoms with Crippen LogP contribution in [0.15, 0.2) is 41.3 Å². The molecule has 2 heterocycles. The molecule has 0 bridgehead atoms. The van der Waals surface area contributed by atoms with Gasteiger partial charge in [-0.05, 0) is 61.4 Å². The fraction of sp³-hybridized carbons (Fsp3) is 0.455. The minimum atomic E-state index is -3.78. The topological polar surface area (TPSA) is 121 Å². The lowest BCUT2D eigenvalue weighted by Gasteiger charge is -2.35. The molecule has 0 unspecified atom stereocenters. The summed E-state index contributed by atoms with van der Waals surface area (Å²) in [5.41, 5.74) is -0.0714. The Kier molecular flexibility index (Phi) is 6.63. The van der Waals surface area contributed by atoms with Crippen molar-refractivity contribution in [3.05, 3.63) is 52.4 Å². The molecule has 1 aromatic heterocycles. The molecule has 1 amide bonds. The van der Waals surface area contributed by atoms with Gasteiger partial charge in [-0.3, -0.25) is 18.9 Å². The molecular formula is C22H26F2N4O5S. The number of benzene rings is 1. The van der Waals surface area contributed by atoms with Gasteiger partial charge >= 0.3 is 6.55 Å². The number of pyridine rings is 1. The number of piperidine rings is 1. The van der Waals surface area contributed by atoms with Gasteiger partial charge in [0.25, 0.3) is 11.5 Å². The summed E-state index contributed by atoms with van der Waals surface area (Å²) in [7, 11) is -3.78. The molecule has 3 N–H and O–H groups in total. The third kappa shape index (κ3) is 5.22. The summed E-state index contributed by atoms with van der Waals surface area (Å²) in [5, 5.41) is 11.4. The van der Waals surface area contributed by atoms with Crippen molar-refractivity contribution in [3.8, 4) is 0 Å². The molecule has 0 atom stereocenters. The number of aliphatic hydroxyl groups excluding tert-OH is 1. The van der Waals surface area contributed by atoms with Gasteiger partial charge in [0.1, 0.15) is 5.69 Å². The number of aromatic nitrogens is 1. The molecule has 184 valence electrons. The highest BCUT2D eigenvalue weighted by molar-refractivity contribution is 7.92. The molecule has 1 aromatic carbocycles. The Morgan fingerprint density at radius 1 is 1.15 bits per heavy atom. The monoisotopic (exact) mass is 496 g/mol. The number of nitrogens with zero attached hydrogens (tertiary/aromatic N) is 2. The number of aliphatic hydroxyl groups is 1. The first kappa shape index (κ1) is 24.1. The van der Waals surface area contributed by atoms with Crippen LogP contribution in [0.1, 0.15) is 42.6 Å². The molecule has 2 aromatic rings. The first-order chi connectivity index (χ1) is 16.1. The first-order valence-electron chi connectivity index (χ1n) is 10.9. The van der Waals surface area contributed by atoms with Crippen LogP contribution in [0.3, 0.4) is 0 Å². The van der Waals surface area contributed by atoms with E-state index in [2.05, 4.69) is 10.0 Å². The first-order valence-corrected chi connectivity index (χ1v) is 12.6. The van der Waals surface area contributed by atoms with Crippen molar-refractivity contribution in [2.45, 2.75) is 32.2 Å². The summed E-state index contributed by atoms with van der Waals surface area (Å²) in [4.78, 5) is 27.4. The highest BCUT2D eigenvalue weighted by atomic mass is 32.2. The molecule has 1 saturated heterocycles. The predicted molar refractivity (Wildman–Crippen MR) is 124 cm³/mol. The molecule has 2 aliphatic rings. The van der Waals surface area contributed by atoms with Crippen molar-refractivity contribution in [1.29, 1.82) is 0 Å². The van der Waals surface area contributed by atoms with Crippen LogP contribution in [0.4, 0.5) is 25.8 Å². The number of hydrogen-bond acceptors (Lipinski definition) is 6. The molecule has 1 spiro atoms. The van der Waals surface area contributed by atoms with Crippen molar-refractivity contribution < 1.29 is 27.1 Å². The van der Waals surface area contributed by atoms with Gasteiger partial charge in [-0.25, -0.2) is 8.42 Å². The van der Waals surface area contributed by atoms with Crippen molar-refractivity contribution in [3.63, 3.8) is 0 Å². The van der Waals surface area contributed by atoms with Gasteiger partial charge in [-0.1, -0.05) is 0 Å². The van der Waals surface area contributed by atoms with E-state index in [1.54, 1.807) is 0 Å². The number of alkyl halides is 2. The number of anilines is 3. The number of rotatable bonds is 8. The number of amides is 1. The third-order valence-corrected chi connectivity index (χ3v) is 7.70. The van der Waals surface area contributed by atoms with E-state index in [4.69, 9.17) is 5.11 Å². The predicted octanol–water partition coefficient (Wildman–Crippen LogP) is 2.61. The van der Waals surface area contributed by atoms with Gasteiger partial charge in [0.05, 0.1) is 29.3 Å². The van der Waals surface area contributed by atoms with Gasteiger partial charge in [0.15, 0.2) is 0 Å². The number of halogens is 2. The van der Waals surface area contributed by atoms with Crippen LogP contribution < -0.4 is 20.5 Å². The van der Waals surface area contributed by atoms with E-state index in [0.717, 1.165) is 19.0 Å². The highest BCUT2D eigenvalue weighted by Crippen LogP contribution is 2.54. The van der Waals surface area contributed by atoms with Gasteiger partial charge in [0.2, 0.25) is 10.0 Å². The summed E-state index contributed by atoms with van der Waals surface area (Å²) < 4.78 is 52.9. The minimum Gasteiger partial charge on any atom is -0.395 e. The Balaban J connectivity index is 1.64. The maximum absolute atomic E-state index is 13.1. The minimum absolute atomic E-state index is 0.184. The standard InChI is InChI=1S/C22H26F2N4O5S/c23-21(24)28-9-1-2-17(20(28)31)25-19(30)16-4-3-15(26-34(32,33)13-12-29)14-18(16)27-10-7-22(5-6-22)8-11-27/h1-4,9,14,21,26,29H,5-8,10-13H2,(H,25,30). The molecule has 34 heavy (non-hydrogen) atoms. The second kappa shape index (κ2) is 9.34. The van der Waals surface area contributed by atoms with Crippen LogP contribution in [0.2, 0.25) is 0 Å². The lowest BCUT2D eigenvalue weighted by molar-refractivity contribution is 0.0665. The van der Waals surface area contributed by atoms with Gasteiger partial charge in [0, 0.05) is 19.3 Å². The highest BCUT2D eigenvalue weighted by Gasteiger charge is 2.44. The van der Waals surface area contributed by atoms with E-state index in [0.29, 0.717) is 24.2 Å². The van der Waals surface area contributed by atoms with Crippen LogP contribution in [0.25, 0.3) is 0 Å². The number of sulfonamides is 1. The summed E-state index contributed by atoms with van der Waals surface area (Å²) in [5.74, 6) is -1.14. The van der Waals surface area contributed by atoms with Crippen molar-refractivity contribution >= 4 is 33.0 Å². The molecule has 0 radical (unpaired) electrons. The molecule has 1 aliphatic heterocycles. The molecule has 2 fully saturated rings. The maximum atomic E-state index is 13.1. The Morgan fingerprint density at radius 2 is 1.85 bits per heavy atom. The third-order valence-electron chi connectivity index (χ3n) is 6.43. The molecule has 1 aliphatic carbocycles. The Morgan fingerprint density at radius 3 is 2.47 bits per heavy atom. The summed E-state index contributed by atoms with van der Waals surface area (Å²) >= 11 is 0. The van der Waals surface area contributed by atoms with E-state index in [1.165, 1.54) is 43.2 Å². The fourth-order valence-corrected chi connectivity index (χ4v) is 5.08. The molecule has 4 rings (SSSR count). The summed E-state index contributed by atoms with van der Waals surface area (Å²) in [6, 6.07) is 6.85. The average molecular weight is 497 g/mol. The van der Waals surface area contributed by atoms with E-state index in [-0.39, 0.29) is 21.5 Å². The fourth-order valence-electron chi connectivity index (χ4n) is 4.25. The van der Waals surface area contributed by atoms with E-state index in [1.807, 2.05) is 4.90 Å². The van der Waals surface area contributed by atoms with Crippen LogP contribution in [0.5, 0.6) is 0 Å². The molecular weight excluding hydrogens is 470 g/mol. The Bertz CT molecular complexity index is 1230. The largest absolute Gasteiger partial charge is 0.395 e. The molecule has 1 saturated carbocycles. The zero-order valence-electron chi connectivity index (χ0n) is 18.3. The number of carbonyl (C=O) groups is 1. The maximum Gasteiger partial charge on any atom is 0.321 e. The van der Waals surface area contributed by atoms with Gasteiger partial charge in [-0.15, -0.1) is 0 Å². The van der Waals surface area contributed by atoms with Gasteiger partial charge in [-0.2, -0.15) is 8.78 Å². The smallest absolute Gasteiger partial charge is 0.321 e. The van der Waals surface area contributed by atoms with Crippen molar-refractivity contribution in [2.75, 3.05) is 40.4 Å². The number of nitrogens with one attached hydrogen (secondary N) is 2. The van der Waals surface area contributed by atoms with Crippen molar-refractivity contribution in [2.24, 2.45) is 5.41 Å². The van der Waals surface area contributed by atoms with Crippen LogP contribution in [0, 0.1) is 5.41 Å². The SMILES string of the molecule is O=C(Nc1cccn(C(F)F)c1=O)c1ccc(NS(=O)(=O)CCO)cc1N1CCC2(CC1)CC2. The zero-order chi connectivity index (χ0) is 24.5. The van der Waals surface area contributed by atoms with Crippen LogP contribution >= 0.6 is 0 Å². The Hall–Kier alpha value is -2.99. The second-order valence-corrected chi connectivity index (χ2v) is 10.6. The van der Waals surface area contributed by atoms with E-state index >= 15 is 0 Å². The van der Waals surface area contributed by atoms with Crippen LogP contribution in [-0.4, -0.2) is 49.4 Å². The quantitative estimate of drug-likeness (QED) is 0.517.